The van der Waals surface area contributed by atoms with Crippen molar-refractivity contribution in [3.05, 3.63) is 35.1 Å². The van der Waals surface area contributed by atoms with E-state index in [-0.39, 0.29) is 31.1 Å². The molecule has 9 nitrogen and oxygen atoms in total. The van der Waals surface area contributed by atoms with Crippen LogP contribution in [0.15, 0.2) is 24.0 Å². The van der Waals surface area contributed by atoms with Crippen LogP contribution in [-0.2, 0) is 30.2 Å². The van der Waals surface area contributed by atoms with Gasteiger partial charge in [-0.05, 0) is 67.5 Å². The van der Waals surface area contributed by atoms with Gasteiger partial charge in [0.05, 0.1) is 20.6 Å². The lowest BCUT2D eigenvalue weighted by molar-refractivity contribution is -0.178. The van der Waals surface area contributed by atoms with E-state index < -0.39 is 30.1 Å². The van der Waals surface area contributed by atoms with Crippen molar-refractivity contribution in [2.75, 3.05) is 34.1 Å². The van der Waals surface area contributed by atoms with E-state index >= 15 is 0 Å². The standard InChI is InChI=1S/C29H41NO8/c1-6-7-11-30-12-9-19-13-22-23(37-17-36-22)14-20(19)26-21(30)15-24(34-4)27(26)38-28(32)29(33,10-8-18(2)3)16-25(31)35-5/h13-15,18,21,26-27,33H,6-12,16-17H2,1-5H3. The summed E-state index contributed by atoms with van der Waals surface area (Å²) in [5.74, 6) is 0.355. The van der Waals surface area contributed by atoms with Crippen LogP contribution in [0.5, 0.6) is 11.5 Å². The molecule has 0 bridgehead atoms. The summed E-state index contributed by atoms with van der Waals surface area (Å²) in [6.45, 7) is 8.06. The molecule has 2 heterocycles. The number of hydrogen-bond donors (Lipinski definition) is 1. The second kappa shape index (κ2) is 11.9. The molecular formula is C29H41NO8. The molecule has 1 aromatic carbocycles. The number of rotatable bonds is 11. The van der Waals surface area contributed by atoms with Crippen LogP contribution in [-0.4, -0.2) is 73.8 Å². The van der Waals surface area contributed by atoms with Gasteiger partial charge in [0.1, 0.15) is 5.76 Å². The SMILES string of the molecule is CCCCN1CCc2cc3c(cc2C2C(OC(=O)C(O)(CCC(C)C)CC(=O)OC)C(OC)=CC21)OCO3. The first-order valence-corrected chi connectivity index (χ1v) is 13.6. The third-order valence-electron chi connectivity index (χ3n) is 7.84. The highest BCUT2D eigenvalue weighted by Gasteiger charge is 2.49. The number of methoxy groups -OCH3 is 2. The maximum absolute atomic E-state index is 13.6. The number of hydrogen-bond acceptors (Lipinski definition) is 9. The summed E-state index contributed by atoms with van der Waals surface area (Å²) in [6, 6.07) is 3.95. The van der Waals surface area contributed by atoms with Crippen molar-refractivity contribution in [2.45, 2.75) is 83.0 Å². The summed E-state index contributed by atoms with van der Waals surface area (Å²) in [5.41, 5.74) is 0.122. The molecule has 0 saturated heterocycles. The molecule has 0 aromatic heterocycles. The van der Waals surface area contributed by atoms with E-state index in [9.17, 15) is 14.7 Å². The van der Waals surface area contributed by atoms with Crippen molar-refractivity contribution in [1.29, 1.82) is 0 Å². The second-order valence-electron chi connectivity index (χ2n) is 10.9. The minimum Gasteiger partial charge on any atom is -0.497 e. The quantitative estimate of drug-likeness (QED) is 0.428. The molecule has 210 valence electrons. The van der Waals surface area contributed by atoms with E-state index in [2.05, 4.69) is 11.8 Å². The number of aliphatic hydroxyl groups is 1. The van der Waals surface area contributed by atoms with Crippen LogP contribution < -0.4 is 9.47 Å². The van der Waals surface area contributed by atoms with Crippen LogP contribution in [0.1, 0.15) is 69.9 Å². The highest BCUT2D eigenvalue weighted by atomic mass is 16.7. The van der Waals surface area contributed by atoms with Crippen molar-refractivity contribution in [3.63, 3.8) is 0 Å². The Kier molecular flexibility index (Phi) is 8.88. The summed E-state index contributed by atoms with van der Waals surface area (Å²) in [7, 11) is 2.80. The van der Waals surface area contributed by atoms with Gasteiger partial charge in [0.15, 0.2) is 23.2 Å². The lowest BCUT2D eigenvalue weighted by Gasteiger charge is -2.34. The van der Waals surface area contributed by atoms with Crippen LogP contribution in [0.2, 0.25) is 0 Å². The number of carbonyl (C=O) groups excluding carboxylic acids is 2. The normalized spacial score (nSPS) is 23.7. The molecule has 1 N–H and O–H groups in total. The number of fused-ring (bicyclic) bond motifs is 4. The Morgan fingerprint density at radius 2 is 1.95 bits per heavy atom. The number of ether oxygens (including phenoxy) is 5. The van der Waals surface area contributed by atoms with Gasteiger partial charge in [0.2, 0.25) is 6.79 Å². The fourth-order valence-electron chi connectivity index (χ4n) is 5.61. The molecule has 1 aromatic rings. The number of unbranched alkanes of at least 4 members (excludes halogenated alkanes) is 1. The van der Waals surface area contributed by atoms with Gasteiger partial charge in [0.25, 0.3) is 0 Å². The summed E-state index contributed by atoms with van der Waals surface area (Å²) >= 11 is 0. The molecule has 38 heavy (non-hydrogen) atoms. The van der Waals surface area contributed by atoms with Gasteiger partial charge in [-0.15, -0.1) is 0 Å². The van der Waals surface area contributed by atoms with E-state index in [0.29, 0.717) is 17.9 Å². The van der Waals surface area contributed by atoms with Crippen molar-refractivity contribution < 1.29 is 38.4 Å². The van der Waals surface area contributed by atoms with Crippen LogP contribution in [0.3, 0.4) is 0 Å². The third kappa shape index (κ3) is 5.78. The number of esters is 2. The van der Waals surface area contributed by atoms with E-state index in [0.717, 1.165) is 49.2 Å². The molecule has 9 heteroatoms. The zero-order valence-corrected chi connectivity index (χ0v) is 23.2. The van der Waals surface area contributed by atoms with Crippen LogP contribution in [0, 0.1) is 5.92 Å². The van der Waals surface area contributed by atoms with E-state index in [1.54, 1.807) is 7.11 Å². The molecule has 0 spiro atoms. The summed E-state index contributed by atoms with van der Waals surface area (Å²) in [6.07, 6.45) is 4.34. The van der Waals surface area contributed by atoms with Gasteiger partial charge in [0, 0.05) is 18.5 Å². The van der Waals surface area contributed by atoms with E-state index in [1.807, 2.05) is 32.1 Å². The highest BCUT2D eigenvalue weighted by molar-refractivity contribution is 5.86. The topological polar surface area (TPSA) is 104 Å². The molecule has 4 atom stereocenters. The van der Waals surface area contributed by atoms with Gasteiger partial charge in [-0.2, -0.15) is 0 Å². The predicted octanol–water partition coefficient (Wildman–Crippen LogP) is 3.71. The van der Waals surface area contributed by atoms with Crippen molar-refractivity contribution in [3.8, 4) is 11.5 Å². The molecule has 1 aliphatic carbocycles. The molecule has 2 aliphatic heterocycles. The van der Waals surface area contributed by atoms with Crippen LogP contribution in [0.4, 0.5) is 0 Å². The molecular weight excluding hydrogens is 490 g/mol. The van der Waals surface area contributed by atoms with Gasteiger partial charge in [-0.1, -0.05) is 27.2 Å². The van der Waals surface area contributed by atoms with Gasteiger partial charge in [-0.25, -0.2) is 4.79 Å². The fraction of sp³-hybridized carbons (Fsp3) is 0.655. The first kappa shape index (κ1) is 28.2. The number of carbonyl (C=O) groups is 2. The van der Waals surface area contributed by atoms with Crippen molar-refractivity contribution in [1.82, 2.24) is 4.90 Å². The minimum absolute atomic E-state index is 0.0692. The maximum Gasteiger partial charge on any atom is 0.339 e. The Hall–Kier alpha value is -2.78. The minimum atomic E-state index is -2.00. The number of nitrogens with zero attached hydrogens (tertiary/aromatic N) is 1. The summed E-state index contributed by atoms with van der Waals surface area (Å²) in [4.78, 5) is 28.2. The highest BCUT2D eigenvalue weighted by Crippen LogP contribution is 2.47. The lowest BCUT2D eigenvalue weighted by Crippen LogP contribution is -2.46. The van der Waals surface area contributed by atoms with Gasteiger partial charge in [-0.3, -0.25) is 9.69 Å². The predicted molar refractivity (Wildman–Crippen MR) is 140 cm³/mol. The van der Waals surface area contributed by atoms with Crippen LogP contribution in [0.25, 0.3) is 0 Å². The largest absolute Gasteiger partial charge is 0.497 e. The Morgan fingerprint density at radius 1 is 1.21 bits per heavy atom. The molecule has 0 fully saturated rings. The number of benzene rings is 1. The molecule has 3 aliphatic rings. The van der Waals surface area contributed by atoms with Crippen LogP contribution >= 0.6 is 0 Å². The van der Waals surface area contributed by atoms with Gasteiger partial charge < -0.3 is 28.8 Å². The Morgan fingerprint density at radius 3 is 2.61 bits per heavy atom. The first-order valence-electron chi connectivity index (χ1n) is 13.6. The smallest absolute Gasteiger partial charge is 0.339 e. The first-order chi connectivity index (χ1) is 18.2. The monoisotopic (exact) mass is 531 g/mol. The van der Waals surface area contributed by atoms with E-state index in [4.69, 9.17) is 23.7 Å². The third-order valence-corrected chi connectivity index (χ3v) is 7.84. The zero-order valence-electron chi connectivity index (χ0n) is 23.2. The van der Waals surface area contributed by atoms with Gasteiger partial charge >= 0.3 is 11.9 Å². The molecule has 4 rings (SSSR count). The summed E-state index contributed by atoms with van der Waals surface area (Å²) < 4.78 is 28.0. The maximum atomic E-state index is 13.6. The fourth-order valence-corrected chi connectivity index (χ4v) is 5.61. The average Bonchev–Trinajstić information content (AvgIpc) is 3.46. The second-order valence-corrected chi connectivity index (χ2v) is 10.9. The Bertz CT molecular complexity index is 1050. The van der Waals surface area contributed by atoms with Crippen molar-refractivity contribution >= 4 is 11.9 Å². The zero-order chi connectivity index (χ0) is 27.4. The molecule has 4 unspecified atom stereocenters. The van der Waals surface area contributed by atoms with E-state index in [1.165, 1.54) is 7.11 Å². The lowest BCUT2D eigenvalue weighted by atomic mass is 9.86. The summed E-state index contributed by atoms with van der Waals surface area (Å²) in [5, 5.41) is 11.4. The molecule has 0 saturated carbocycles. The molecule has 0 amide bonds. The van der Waals surface area contributed by atoms with Crippen molar-refractivity contribution in [2.24, 2.45) is 5.92 Å². The Labute approximate surface area is 225 Å². The molecule has 0 radical (unpaired) electrons. The Balaban J connectivity index is 1.70. The average molecular weight is 532 g/mol.